The molecule has 0 aliphatic carbocycles. The first-order valence-corrected chi connectivity index (χ1v) is 7.79. The van der Waals surface area contributed by atoms with Crippen LogP contribution in [0.2, 0.25) is 0 Å². The second-order valence-corrected chi connectivity index (χ2v) is 7.80. The summed E-state index contributed by atoms with van der Waals surface area (Å²) in [6.07, 6.45) is 1.34. The molecule has 0 heterocycles. The fraction of sp³-hybridized carbons (Fsp3) is 0.455. The molecule has 16 heavy (non-hydrogen) atoms. The van der Waals surface area contributed by atoms with Gasteiger partial charge in [0.1, 0.15) is 0 Å². The van der Waals surface area contributed by atoms with E-state index in [9.17, 15) is 4.89 Å². The average molecular weight is 239 g/mol. The maximum absolute atomic E-state index is 10.6. The van der Waals surface area contributed by atoms with Crippen LogP contribution in [0.1, 0.15) is 12.5 Å². The van der Waals surface area contributed by atoms with Gasteiger partial charge in [-0.15, -0.1) is 0 Å². The standard InChI is InChI=1S/C11H18N3OP/c1-3-16(15,9-8-13-14-12)11-6-4-10(2)5-7-11/h4-7,15-16H,3,8-9H2,1-2H3. The molecule has 1 rings (SSSR count). The normalized spacial score (nSPS) is 11.9. The number of aryl methyl sites for hydroxylation is 1. The molecule has 1 aromatic rings. The Labute approximate surface area is 96.4 Å². The van der Waals surface area contributed by atoms with E-state index in [2.05, 4.69) is 10.0 Å². The van der Waals surface area contributed by atoms with Crippen LogP contribution in [-0.2, 0) is 0 Å². The Kier molecular flexibility index (Phi) is 4.75. The molecule has 0 saturated heterocycles. The zero-order chi connectivity index (χ0) is 12.0. The minimum absolute atomic E-state index is 0.376. The molecule has 1 aromatic carbocycles. The first-order chi connectivity index (χ1) is 7.62. The summed E-state index contributed by atoms with van der Waals surface area (Å²) in [5.41, 5.74) is 9.42. The van der Waals surface area contributed by atoms with E-state index in [1.54, 1.807) is 0 Å². The van der Waals surface area contributed by atoms with Gasteiger partial charge in [-0.1, -0.05) is 0 Å². The van der Waals surface area contributed by atoms with Crippen molar-refractivity contribution in [3.63, 3.8) is 0 Å². The van der Waals surface area contributed by atoms with Crippen LogP contribution in [0.4, 0.5) is 0 Å². The molecule has 5 heteroatoms. The van der Waals surface area contributed by atoms with E-state index in [4.69, 9.17) is 5.53 Å². The molecule has 0 saturated carbocycles. The van der Waals surface area contributed by atoms with Crippen molar-refractivity contribution < 1.29 is 4.89 Å². The van der Waals surface area contributed by atoms with E-state index in [1.807, 2.05) is 38.1 Å². The predicted octanol–water partition coefficient (Wildman–Crippen LogP) is 2.61. The monoisotopic (exact) mass is 239 g/mol. The van der Waals surface area contributed by atoms with Gasteiger partial charge in [0.15, 0.2) is 0 Å². The second-order valence-electron chi connectivity index (χ2n) is 3.96. The van der Waals surface area contributed by atoms with E-state index in [1.165, 1.54) is 5.56 Å². The topological polar surface area (TPSA) is 69.0 Å². The summed E-state index contributed by atoms with van der Waals surface area (Å²) in [6.45, 7) is 4.39. The minimum atomic E-state index is -2.42. The molecule has 0 spiro atoms. The van der Waals surface area contributed by atoms with Gasteiger partial charge in [-0.05, 0) is 0 Å². The molecular formula is C11H18N3OP. The summed E-state index contributed by atoms with van der Waals surface area (Å²) in [5.74, 6) is 0. The van der Waals surface area contributed by atoms with Gasteiger partial charge < -0.3 is 0 Å². The number of hydrogen-bond donors (Lipinski definition) is 1. The van der Waals surface area contributed by atoms with Crippen molar-refractivity contribution in [2.75, 3.05) is 18.9 Å². The van der Waals surface area contributed by atoms with Gasteiger partial charge in [0.05, 0.1) is 0 Å². The predicted molar refractivity (Wildman–Crippen MR) is 70.8 cm³/mol. The van der Waals surface area contributed by atoms with E-state index in [0.717, 1.165) is 11.5 Å². The molecule has 0 atom stereocenters. The molecule has 88 valence electrons. The third kappa shape index (κ3) is 3.21. The van der Waals surface area contributed by atoms with Crippen molar-refractivity contribution in [2.45, 2.75) is 13.8 Å². The van der Waals surface area contributed by atoms with Crippen LogP contribution in [0, 0.1) is 6.92 Å². The van der Waals surface area contributed by atoms with Gasteiger partial charge in [0.2, 0.25) is 0 Å². The summed E-state index contributed by atoms with van der Waals surface area (Å²) in [7, 11) is -2.42. The summed E-state index contributed by atoms with van der Waals surface area (Å²) >= 11 is 0. The van der Waals surface area contributed by atoms with Crippen LogP contribution >= 0.6 is 7.49 Å². The molecule has 0 aromatic heterocycles. The van der Waals surface area contributed by atoms with Gasteiger partial charge >= 0.3 is 95.8 Å². The fourth-order valence-corrected chi connectivity index (χ4v) is 3.98. The summed E-state index contributed by atoms with van der Waals surface area (Å²) in [4.78, 5) is 13.3. The molecule has 0 amide bonds. The van der Waals surface area contributed by atoms with Crippen molar-refractivity contribution in [3.8, 4) is 0 Å². The third-order valence-corrected chi connectivity index (χ3v) is 6.49. The summed E-state index contributed by atoms with van der Waals surface area (Å²) in [6, 6.07) is 8.00. The molecule has 0 bridgehead atoms. The first-order valence-electron chi connectivity index (χ1n) is 5.43. The van der Waals surface area contributed by atoms with Gasteiger partial charge in [-0.3, -0.25) is 0 Å². The Morgan fingerprint density at radius 2 is 2.00 bits per heavy atom. The first kappa shape index (κ1) is 13.0. The van der Waals surface area contributed by atoms with E-state index in [0.29, 0.717) is 12.7 Å². The van der Waals surface area contributed by atoms with E-state index in [-0.39, 0.29) is 0 Å². The third-order valence-electron chi connectivity index (χ3n) is 2.86. The Balaban J connectivity index is 2.86. The SMILES string of the molecule is CC[PH](O)(CCN=[N+]=[N-])c1ccc(C)cc1. The molecular weight excluding hydrogens is 221 g/mol. The number of benzene rings is 1. The van der Waals surface area contributed by atoms with Crippen molar-refractivity contribution in [3.05, 3.63) is 40.3 Å². The number of hydrogen-bond acceptors (Lipinski definition) is 2. The van der Waals surface area contributed by atoms with Gasteiger partial charge in [-0.25, -0.2) is 0 Å². The molecule has 1 N–H and O–H groups in total. The Morgan fingerprint density at radius 1 is 1.38 bits per heavy atom. The van der Waals surface area contributed by atoms with E-state index < -0.39 is 7.49 Å². The Bertz CT molecular complexity index is 387. The number of azide groups is 1. The zero-order valence-corrected chi connectivity index (χ0v) is 10.7. The van der Waals surface area contributed by atoms with Crippen molar-refractivity contribution in [2.24, 2.45) is 5.11 Å². The summed E-state index contributed by atoms with van der Waals surface area (Å²) in [5, 5.41) is 4.53. The van der Waals surface area contributed by atoms with Crippen LogP contribution in [0.25, 0.3) is 10.4 Å². The second kappa shape index (κ2) is 5.86. The fourth-order valence-electron chi connectivity index (χ4n) is 1.67. The van der Waals surface area contributed by atoms with Crippen LogP contribution in [0.3, 0.4) is 0 Å². The van der Waals surface area contributed by atoms with Crippen LogP contribution in [0.5, 0.6) is 0 Å². The summed E-state index contributed by atoms with van der Waals surface area (Å²) < 4.78 is 0. The molecule has 0 aliphatic rings. The molecule has 0 fully saturated rings. The van der Waals surface area contributed by atoms with Crippen LogP contribution in [-0.4, -0.2) is 23.8 Å². The van der Waals surface area contributed by atoms with E-state index >= 15 is 0 Å². The Morgan fingerprint density at radius 3 is 2.50 bits per heavy atom. The quantitative estimate of drug-likeness (QED) is 0.365. The molecule has 0 unspecified atom stereocenters. The Hall–Kier alpha value is -1.08. The average Bonchev–Trinajstić information content (AvgIpc) is 2.30. The van der Waals surface area contributed by atoms with Gasteiger partial charge in [0, 0.05) is 0 Å². The molecule has 0 radical (unpaired) electrons. The number of rotatable bonds is 5. The van der Waals surface area contributed by atoms with Crippen LogP contribution in [0.15, 0.2) is 29.4 Å². The molecule has 0 aliphatic heterocycles. The number of nitrogens with zero attached hydrogens (tertiary/aromatic N) is 3. The van der Waals surface area contributed by atoms with Crippen molar-refractivity contribution in [1.29, 1.82) is 0 Å². The van der Waals surface area contributed by atoms with Gasteiger partial charge in [0.25, 0.3) is 0 Å². The van der Waals surface area contributed by atoms with Crippen molar-refractivity contribution >= 4 is 12.8 Å². The van der Waals surface area contributed by atoms with Crippen molar-refractivity contribution in [1.82, 2.24) is 0 Å². The van der Waals surface area contributed by atoms with Crippen LogP contribution < -0.4 is 5.30 Å². The zero-order valence-electron chi connectivity index (χ0n) is 9.72. The maximum atomic E-state index is 10.6. The molecule has 4 nitrogen and oxygen atoms in total. The van der Waals surface area contributed by atoms with Gasteiger partial charge in [-0.2, -0.15) is 0 Å².